The second-order valence-corrected chi connectivity index (χ2v) is 4.45. The third-order valence-electron chi connectivity index (χ3n) is 2.97. The third-order valence-corrected chi connectivity index (χ3v) is 2.97. The molecule has 2 aromatic carbocycles. The Hall–Kier alpha value is -2.42. The Bertz CT molecular complexity index is 701. The van der Waals surface area contributed by atoms with E-state index in [4.69, 9.17) is 4.52 Å². The van der Waals surface area contributed by atoms with Crippen molar-refractivity contribution in [3.8, 4) is 22.6 Å². The van der Waals surface area contributed by atoms with Gasteiger partial charge in [-0.3, -0.25) is 0 Å². The van der Waals surface area contributed by atoms with Crippen LogP contribution in [0.5, 0.6) is 0 Å². The van der Waals surface area contributed by atoms with Gasteiger partial charge in [0.05, 0.1) is 0 Å². The molecule has 0 N–H and O–H groups in total. The van der Waals surface area contributed by atoms with E-state index >= 15 is 0 Å². The minimum Gasteiger partial charge on any atom is -0.356 e. The van der Waals surface area contributed by atoms with Crippen LogP contribution in [0, 0.1) is 12.7 Å². The lowest BCUT2D eigenvalue weighted by atomic mass is 10.1. The Morgan fingerprint density at radius 3 is 2.47 bits per heavy atom. The van der Waals surface area contributed by atoms with E-state index in [0.717, 1.165) is 11.3 Å². The molecule has 94 valence electrons. The predicted molar refractivity (Wildman–Crippen MR) is 72.1 cm³/mol. The van der Waals surface area contributed by atoms with Crippen molar-refractivity contribution < 1.29 is 8.91 Å². The Kier molecular flexibility index (Phi) is 2.88. The molecule has 0 aliphatic carbocycles. The summed E-state index contributed by atoms with van der Waals surface area (Å²) in [7, 11) is 0. The summed E-state index contributed by atoms with van der Waals surface area (Å²) in [5, 5.41) is 4.02. The first-order valence-electron chi connectivity index (χ1n) is 6.02. The van der Waals surface area contributed by atoms with Gasteiger partial charge in [0, 0.05) is 17.2 Å². The molecule has 3 aromatic rings. The summed E-state index contributed by atoms with van der Waals surface area (Å²) in [6, 6.07) is 16.1. The number of aryl methyl sites for hydroxylation is 1. The summed E-state index contributed by atoms with van der Waals surface area (Å²) in [6.07, 6.45) is 0. The van der Waals surface area contributed by atoms with Crippen LogP contribution in [0.25, 0.3) is 22.6 Å². The highest BCUT2D eigenvalue weighted by Crippen LogP contribution is 2.26. The Labute approximate surface area is 110 Å². The van der Waals surface area contributed by atoms with E-state index in [-0.39, 0.29) is 5.82 Å². The highest BCUT2D eigenvalue weighted by Gasteiger charge is 2.08. The van der Waals surface area contributed by atoms with Crippen LogP contribution in [-0.4, -0.2) is 5.16 Å². The highest BCUT2D eigenvalue weighted by molar-refractivity contribution is 5.66. The van der Waals surface area contributed by atoms with Crippen LogP contribution in [-0.2, 0) is 0 Å². The van der Waals surface area contributed by atoms with Crippen LogP contribution in [0.1, 0.15) is 5.56 Å². The zero-order chi connectivity index (χ0) is 13.2. The quantitative estimate of drug-likeness (QED) is 0.674. The fraction of sp³-hybridized carbons (Fsp3) is 0.0625. The van der Waals surface area contributed by atoms with Crippen LogP contribution < -0.4 is 0 Å². The Morgan fingerprint density at radius 2 is 1.74 bits per heavy atom. The van der Waals surface area contributed by atoms with E-state index in [1.165, 1.54) is 17.7 Å². The van der Waals surface area contributed by atoms with Crippen molar-refractivity contribution in [3.63, 3.8) is 0 Å². The summed E-state index contributed by atoms with van der Waals surface area (Å²) < 4.78 is 18.4. The topological polar surface area (TPSA) is 26.0 Å². The molecule has 0 saturated heterocycles. The second kappa shape index (κ2) is 4.69. The Balaban J connectivity index is 1.97. The van der Waals surface area contributed by atoms with Gasteiger partial charge in [-0.15, -0.1) is 0 Å². The molecule has 0 unspecified atom stereocenters. The van der Waals surface area contributed by atoms with Crippen molar-refractivity contribution in [1.82, 2.24) is 5.16 Å². The number of hydrogen-bond acceptors (Lipinski definition) is 2. The molecule has 0 aliphatic rings. The highest BCUT2D eigenvalue weighted by atomic mass is 19.1. The fourth-order valence-corrected chi connectivity index (χ4v) is 1.91. The van der Waals surface area contributed by atoms with Gasteiger partial charge < -0.3 is 4.52 Å². The van der Waals surface area contributed by atoms with Crippen molar-refractivity contribution in [1.29, 1.82) is 0 Å². The van der Waals surface area contributed by atoms with E-state index in [2.05, 4.69) is 5.16 Å². The third kappa shape index (κ3) is 2.40. The second-order valence-electron chi connectivity index (χ2n) is 4.45. The first kappa shape index (κ1) is 11.7. The lowest BCUT2D eigenvalue weighted by Crippen LogP contribution is -1.77. The molecule has 0 radical (unpaired) electrons. The summed E-state index contributed by atoms with van der Waals surface area (Å²) in [4.78, 5) is 0. The molecule has 3 heteroatoms. The van der Waals surface area contributed by atoms with Crippen LogP contribution >= 0.6 is 0 Å². The molecule has 0 aliphatic heterocycles. The Morgan fingerprint density at radius 1 is 0.947 bits per heavy atom. The minimum absolute atomic E-state index is 0.286. The molecule has 0 saturated carbocycles. The van der Waals surface area contributed by atoms with Crippen molar-refractivity contribution in [3.05, 3.63) is 66.0 Å². The molecule has 0 bridgehead atoms. The number of aromatic nitrogens is 1. The average Bonchev–Trinajstić information content (AvgIpc) is 2.89. The minimum atomic E-state index is -0.286. The maximum Gasteiger partial charge on any atom is 0.167 e. The van der Waals surface area contributed by atoms with Crippen LogP contribution in [0.3, 0.4) is 0 Å². The van der Waals surface area contributed by atoms with Crippen molar-refractivity contribution in [2.45, 2.75) is 6.92 Å². The molecule has 1 aromatic heterocycles. The van der Waals surface area contributed by atoms with E-state index in [9.17, 15) is 4.39 Å². The summed E-state index contributed by atoms with van der Waals surface area (Å²) in [5.41, 5.74) is 3.61. The van der Waals surface area contributed by atoms with E-state index in [1.54, 1.807) is 12.1 Å². The molecule has 0 fully saturated rings. The van der Waals surface area contributed by atoms with Crippen molar-refractivity contribution in [2.24, 2.45) is 0 Å². The lowest BCUT2D eigenvalue weighted by Gasteiger charge is -1.95. The number of nitrogens with zero attached hydrogens (tertiary/aromatic N) is 1. The molecule has 2 nitrogen and oxygen atoms in total. The number of rotatable bonds is 2. The summed E-state index contributed by atoms with van der Waals surface area (Å²) >= 11 is 0. The normalized spacial score (nSPS) is 10.6. The largest absolute Gasteiger partial charge is 0.356 e. The zero-order valence-electron chi connectivity index (χ0n) is 10.4. The molecule has 3 rings (SSSR count). The predicted octanol–water partition coefficient (Wildman–Crippen LogP) is 4.46. The van der Waals surface area contributed by atoms with Gasteiger partial charge >= 0.3 is 0 Å². The SMILES string of the molecule is Cc1ccc(-c2cc(-c3cccc(F)c3)on2)cc1. The number of halogens is 1. The fourth-order valence-electron chi connectivity index (χ4n) is 1.91. The van der Waals surface area contributed by atoms with Gasteiger partial charge in [-0.05, 0) is 19.1 Å². The summed E-state index contributed by atoms with van der Waals surface area (Å²) in [5.74, 6) is 0.279. The average molecular weight is 253 g/mol. The molecular formula is C16H12FNO. The first-order chi connectivity index (χ1) is 9.22. The van der Waals surface area contributed by atoms with E-state index in [1.807, 2.05) is 37.3 Å². The van der Waals surface area contributed by atoms with Crippen molar-refractivity contribution in [2.75, 3.05) is 0 Å². The van der Waals surface area contributed by atoms with E-state index in [0.29, 0.717) is 11.3 Å². The molecular weight excluding hydrogens is 241 g/mol. The molecule has 0 spiro atoms. The molecule has 19 heavy (non-hydrogen) atoms. The number of benzene rings is 2. The van der Waals surface area contributed by atoms with Crippen molar-refractivity contribution >= 4 is 0 Å². The lowest BCUT2D eigenvalue weighted by molar-refractivity contribution is 0.434. The van der Waals surface area contributed by atoms with Gasteiger partial charge in [-0.25, -0.2) is 4.39 Å². The van der Waals surface area contributed by atoms with Crippen LogP contribution in [0.4, 0.5) is 4.39 Å². The van der Waals surface area contributed by atoms with Crippen LogP contribution in [0.2, 0.25) is 0 Å². The maximum absolute atomic E-state index is 13.2. The van der Waals surface area contributed by atoms with Gasteiger partial charge in [0.1, 0.15) is 11.5 Å². The smallest absolute Gasteiger partial charge is 0.167 e. The zero-order valence-corrected chi connectivity index (χ0v) is 10.4. The van der Waals surface area contributed by atoms with Gasteiger partial charge in [0.15, 0.2) is 5.76 Å². The van der Waals surface area contributed by atoms with Gasteiger partial charge in [-0.2, -0.15) is 0 Å². The molecule has 1 heterocycles. The molecule has 0 amide bonds. The monoisotopic (exact) mass is 253 g/mol. The molecule has 0 atom stereocenters. The summed E-state index contributed by atoms with van der Waals surface area (Å²) in [6.45, 7) is 2.03. The standard InChI is InChI=1S/C16H12FNO/c1-11-5-7-12(8-6-11)15-10-16(19-18-15)13-3-2-4-14(17)9-13/h2-10H,1H3. The first-order valence-corrected chi connectivity index (χ1v) is 6.02. The van der Waals surface area contributed by atoms with Crippen LogP contribution in [0.15, 0.2) is 59.1 Å². The van der Waals surface area contributed by atoms with Gasteiger partial charge in [0.2, 0.25) is 0 Å². The number of hydrogen-bond donors (Lipinski definition) is 0. The van der Waals surface area contributed by atoms with Gasteiger partial charge in [0.25, 0.3) is 0 Å². The van der Waals surface area contributed by atoms with Gasteiger partial charge in [-0.1, -0.05) is 47.1 Å². The maximum atomic E-state index is 13.2. The van der Waals surface area contributed by atoms with E-state index < -0.39 is 0 Å².